The average Bonchev–Trinajstić information content (AvgIpc) is 2.50. The Morgan fingerprint density at radius 3 is 2.64 bits per heavy atom. The second kappa shape index (κ2) is 10.8. The van der Waals surface area contributed by atoms with Crippen LogP contribution in [0, 0.1) is 0 Å². The molecule has 0 spiro atoms. The first-order valence-corrected chi connectivity index (χ1v) is 7.54. The van der Waals surface area contributed by atoms with Gasteiger partial charge in [0.15, 0.2) is 0 Å². The normalized spacial score (nSPS) is 16.2. The second-order valence-electron chi connectivity index (χ2n) is 5.22. The van der Waals surface area contributed by atoms with Gasteiger partial charge in [0.05, 0.1) is 6.54 Å². The van der Waals surface area contributed by atoms with Crippen molar-refractivity contribution in [3.8, 4) is 0 Å². The van der Waals surface area contributed by atoms with E-state index in [1.54, 1.807) is 0 Å². The van der Waals surface area contributed by atoms with Crippen molar-refractivity contribution in [1.82, 2.24) is 15.5 Å². The number of nitrogens with zero attached hydrogens (tertiary/aromatic N) is 1. The molecule has 0 bridgehead atoms. The minimum atomic E-state index is 0. The van der Waals surface area contributed by atoms with Crippen LogP contribution < -0.4 is 10.6 Å². The lowest BCUT2D eigenvalue weighted by Gasteiger charge is -2.27. The van der Waals surface area contributed by atoms with E-state index in [0.29, 0.717) is 13.1 Å². The molecular weight excluding hydrogens is 321 g/mol. The smallest absolute Gasteiger partial charge is 0.234 e. The van der Waals surface area contributed by atoms with E-state index in [1.165, 1.54) is 11.1 Å². The third kappa shape index (κ3) is 5.76. The Bertz CT molecular complexity index is 453. The van der Waals surface area contributed by atoms with E-state index in [2.05, 4.69) is 53.6 Å². The van der Waals surface area contributed by atoms with Crippen LogP contribution in [0.3, 0.4) is 0 Å². The lowest BCUT2D eigenvalue weighted by Crippen LogP contribution is -2.42. The molecule has 1 heterocycles. The summed E-state index contributed by atoms with van der Waals surface area (Å²) < 4.78 is 0. The van der Waals surface area contributed by atoms with Gasteiger partial charge in [-0.2, -0.15) is 0 Å². The van der Waals surface area contributed by atoms with Crippen molar-refractivity contribution < 1.29 is 4.79 Å². The number of fused-ring (bicyclic) bond motifs is 1. The molecule has 6 heteroatoms. The topological polar surface area (TPSA) is 44.4 Å². The van der Waals surface area contributed by atoms with Gasteiger partial charge in [-0.15, -0.1) is 24.8 Å². The molecule has 0 saturated heterocycles. The average molecular weight is 348 g/mol. The monoisotopic (exact) mass is 347 g/mol. The van der Waals surface area contributed by atoms with Gasteiger partial charge in [0, 0.05) is 12.6 Å². The van der Waals surface area contributed by atoms with Crippen LogP contribution in [0.5, 0.6) is 0 Å². The quantitative estimate of drug-likeness (QED) is 0.828. The van der Waals surface area contributed by atoms with Crippen LogP contribution in [-0.4, -0.2) is 43.5 Å². The van der Waals surface area contributed by atoms with E-state index in [-0.39, 0.29) is 36.8 Å². The molecule has 0 aromatic heterocycles. The maximum Gasteiger partial charge on any atom is 0.234 e. The highest BCUT2D eigenvalue weighted by Gasteiger charge is 2.19. The summed E-state index contributed by atoms with van der Waals surface area (Å²) in [5.74, 6) is 0.110. The molecule has 1 aliphatic rings. The van der Waals surface area contributed by atoms with Crippen LogP contribution in [-0.2, 0) is 11.2 Å². The van der Waals surface area contributed by atoms with Crippen LogP contribution in [0.15, 0.2) is 24.3 Å². The predicted molar refractivity (Wildman–Crippen MR) is 96.2 cm³/mol. The lowest BCUT2D eigenvalue weighted by molar-refractivity contribution is -0.122. The third-order valence-electron chi connectivity index (χ3n) is 3.98. The number of rotatable bonds is 6. The number of benzene rings is 1. The Balaban J connectivity index is 0.00000220. The highest BCUT2D eigenvalue weighted by atomic mass is 35.5. The standard InChI is InChI=1S/C16H25N3O.2ClH/c1-3-19(4-2)12-16(20)18-11-15-14-8-6-5-7-13(14)9-10-17-15;;/h5-8,15,17H,3-4,9-12H2,1-2H3,(H,18,20);2*1H. The summed E-state index contributed by atoms with van der Waals surface area (Å²) in [4.78, 5) is 14.1. The van der Waals surface area contributed by atoms with Gasteiger partial charge >= 0.3 is 0 Å². The van der Waals surface area contributed by atoms with Crippen LogP contribution in [0.4, 0.5) is 0 Å². The Hall–Kier alpha value is -0.810. The van der Waals surface area contributed by atoms with Gasteiger partial charge < -0.3 is 10.6 Å². The number of halogens is 2. The highest BCUT2D eigenvalue weighted by Crippen LogP contribution is 2.21. The van der Waals surface area contributed by atoms with Gasteiger partial charge in [-0.1, -0.05) is 38.1 Å². The van der Waals surface area contributed by atoms with Crippen molar-refractivity contribution in [3.63, 3.8) is 0 Å². The Morgan fingerprint density at radius 1 is 1.27 bits per heavy atom. The maximum atomic E-state index is 11.9. The largest absolute Gasteiger partial charge is 0.353 e. The third-order valence-corrected chi connectivity index (χ3v) is 3.98. The molecule has 0 saturated carbocycles. The molecule has 1 unspecified atom stereocenters. The molecule has 126 valence electrons. The van der Waals surface area contributed by atoms with Crippen LogP contribution in [0.1, 0.15) is 31.0 Å². The van der Waals surface area contributed by atoms with Crippen molar-refractivity contribution in [1.29, 1.82) is 0 Å². The number of carbonyl (C=O) groups is 1. The maximum absolute atomic E-state index is 11.9. The van der Waals surface area contributed by atoms with Crippen molar-refractivity contribution >= 4 is 30.7 Å². The molecule has 0 radical (unpaired) electrons. The molecule has 0 aliphatic carbocycles. The zero-order valence-electron chi connectivity index (χ0n) is 13.3. The van der Waals surface area contributed by atoms with Crippen LogP contribution in [0.25, 0.3) is 0 Å². The van der Waals surface area contributed by atoms with Gasteiger partial charge in [-0.25, -0.2) is 0 Å². The summed E-state index contributed by atoms with van der Waals surface area (Å²) in [6.45, 7) is 8.11. The van der Waals surface area contributed by atoms with E-state index in [0.717, 1.165) is 26.1 Å². The number of amides is 1. The van der Waals surface area contributed by atoms with E-state index in [1.807, 2.05) is 0 Å². The van der Waals surface area contributed by atoms with Crippen LogP contribution >= 0.6 is 24.8 Å². The molecule has 1 amide bonds. The lowest BCUT2D eigenvalue weighted by atomic mass is 9.94. The van der Waals surface area contributed by atoms with E-state index in [9.17, 15) is 4.79 Å². The zero-order chi connectivity index (χ0) is 14.4. The fourth-order valence-corrected chi connectivity index (χ4v) is 2.70. The zero-order valence-corrected chi connectivity index (χ0v) is 14.9. The number of likely N-dealkylation sites (N-methyl/N-ethyl adjacent to an activating group) is 1. The minimum Gasteiger partial charge on any atom is -0.353 e. The fraction of sp³-hybridized carbons (Fsp3) is 0.562. The van der Waals surface area contributed by atoms with E-state index < -0.39 is 0 Å². The van der Waals surface area contributed by atoms with Crippen molar-refractivity contribution in [2.75, 3.05) is 32.7 Å². The summed E-state index contributed by atoms with van der Waals surface area (Å²) in [7, 11) is 0. The van der Waals surface area contributed by atoms with Gasteiger partial charge in [-0.3, -0.25) is 9.69 Å². The van der Waals surface area contributed by atoms with Crippen LogP contribution in [0.2, 0.25) is 0 Å². The number of hydrogen-bond acceptors (Lipinski definition) is 3. The molecule has 0 fully saturated rings. The van der Waals surface area contributed by atoms with Gasteiger partial charge in [0.1, 0.15) is 0 Å². The highest BCUT2D eigenvalue weighted by molar-refractivity contribution is 5.85. The van der Waals surface area contributed by atoms with Gasteiger partial charge in [-0.05, 0) is 37.2 Å². The summed E-state index contributed by atoms with van der Waals surface area (Å²) in [6, 6.07) is 8.72. The minimum absolute atomic E-state index is 0. The second-order valence-corrected chi connectivity index (χ2v) is 5.22. The molecular formula is C16H27Cl2N3O. The van der Waals surface area contributed by atoms with Crippen molar-refractivity contribution in [2.24, 2.45) is 0 Å². The van der Waals surface area contributed by atoms with E-state index in [4.69, 9.17) is 0 Å². The summed E-state index contributed by atoms with van der Waals surface area (Å²) in [5, 5.41) is 6.53. The first-order chi connectivity index (χ1) is 9.74. The first-order valence-electron chi connectivity index (χ1n) is 7.54. The van der Waals surface area contributed by atoms with Crippen molar-refractivity contribution in [3.05, 3.63) is 35.4 Å². The SMILES string of the molecule is CCN(CC)CC(=O)NCC1NCCc2ccccc21.Cl.Cl. The number of nitrogens with one attached hydrogen (secondary N) is 2. The summed E-state index contributed by atoms with van der Waals surface area (Å²) >= 11 is 0. The molecule has 2 N–H and O–H groups in total. The molecule has 1 aromatic carbocycles. The molecule has 1 aliphatic heterocycles. The first kappa shape index (κ1) is 21.2. The van der Waals surface area contributed by atoms with Gasteiger partial charge in [0.25, 0.3) is 0 Å². The summed E-state index contributed by atoms with van der Waals surface area (Å²) in [5.41, 5.74) is 2.72. The molecule has 2 rings (SSSR count). The van der Waals surface area contributed by atoms with Crippen molar-refractivity contribution in [2.45, 2.75) is 26.3 Å². The Kier molecular flexibility index (Phi) is 10.4. The van der Waals surface area contributed by atoms with E-state index >= 15 is 0 Å². The predicted octanol–water partition coefficient (Wildman–Crippen LogP) is 2.18. The van der Waals surface area contributed by atoms with Gasteiger partial charge in [0.2, 0.25) is 5.91 Å². The molecule has 22 heavy (non-hydrogen) atoms. The fourth-order valence-electron chi connectivity index (χ4n) is 2.70. The molecule has 4 nitrogen and oxygen atoms in total. The Morgan fingerprint density at radius 2 is 1.95 bits per heavy atom. The number of carbonyl (C=O) groups excluding carboxylic acids is 1. The molecule has 1 atom stereocenters. The Labute approximate surface area is 145 Å². The molecule has 1 aromatic rings. The summed E-state index contributed by atoms with van der Waals surface area (Å²) in [6.07, 6.45) is 1.07. The number of hydrogen-bond donors (Lipinski definition) is 2.